The van der Waals surface area contributed by atoms with Crippen molar-refractivity contribution in [3.05, 3.63) is 54.6 Å². The van der Waals surface area contributed by atoms with Crippen LogP contribution in [0.2, 0.25) is 0 Å². The first kappa shape index (κ1) is 17.8. The van der Waals surface area contributed by atoms with E-state index in [-0.39, 0.29) is 22.6 Å². The average molecular weight is 334 g/mol. The third kappa shape index (κ3) is 2.72. The Morgan fingerprint density at radius 2 is 1.17 bits per heavy atom. The first-order valence-electron chi connectivity index (χ1n) is 7.95. The molecule has 0 aromatic carbocycles. The summed E-state index contributed by atoms with van der Waals surface area (Å²) in [6.45, 7) is 8.44. The first-order valence-corrected chi connectivity index (χ1v) is 7.95. The molecule has 0 bridgehead atoms. The molecule has 6 nitrogen and oxygen atoms in total. The Morgan fingerprint density at radius 3 is 1.46 bits per heavy atom. The molecule has 24 heavy (non-hydrogen) atoms. The SMILES string of the molecule is CCc1oc(=O)c(C(C)c2c(O)c(C)c(CC)oc2=O)c(O)c1C. The van der Waals surface area contributed by atoms with Crippen LogP contribution < -0.4 is 11.3 Å². The van der Waals surface area contributed by atoms with Crippen LogP contribution in [0.4, 0.5) is 0 Å². The highest BCUT2D eigenvalue weighted by atomic mass is 16.4. The molecule has 0 aliphatic carbocycles. The predicted molar refractivity (Wildman–Crippen MR) is 89.0 cm³/mol. The molecule has 0 atom stereocenters. The molecule has 0 unspecified atom stereocenters. The molecule has 0 radical (unpaired) electrons. The fourth-order valence-electron chi connectivity index (χ4n) is 2.93. The van der Waals surface area contributed by atoms with Gasteiger partial charge in [-0.3, -0.25) is 0 Å². The highest BCUT2D eigenvalue weighted by Gasteiger charge is 2.28. The summed E-state index contributed by atoms with van der Waals surface area (Å²) in [5.74, 6) is -0.519. The van der Waals surface area contributed by atoms with Gasteiger partial charge < -0.3 is 19.0 Å². The summed E-state index contributed by atoms with van der Waals surface area (Å²) in [5.41, 5.74) is -0.668. The molecule has 2 N–H and O–H groups in total. The van der Waals surface area contributed by atoms with Crippen molar-refractivity contribution in [3.63, 3.8) is 0 Å². The standard InChI is InChI=1S/C18H22O6/c1-6-11-8(3)15(19)13(17(21)23-11)10(5)14-16(20)9(4)12(7-2)24-18(14)22/h10,19-20H,6-7H2,1-5H3. The normalized spacial score (nSPS) is 11.2. The largest absolute Gasteiger partial charge is 0.507 e. The lowest BCUT2D eigenvalue weighted by Gasteiger charge is -2.17. The maximum atomic E-state index is 12.3. The Morgan fingerprint density at radius 1 is 0.833 bits per heavy atom. The van der Waals surface area contributed by atoms with Gasteiger partial charge in [-0.05, 0) is 13.8 Å². The van der Waals surface area contributed by atoms with E-state index >= 15 is 0 Å². The van der Waals surface area contributed by atoms with Crippen molar-refractivity contribution in [1.82, 2.24) is 0 Å². The topological polar surface area (TPSA) is 101 Å². The van der Waals surface area contributed by atoms with Gasteiger partial charge >= 0.3 is 11.3 Å². The molecule has 0 saturated heterocycles. The van der Waals surface area contributed by atoms with E-state index in [1.807, 2.05) is 0 Å². The van der Waals surface area contributed by atoms with Crippen LogP contribution >= 0.6 is 0 Å². The van der Waals surface area contributed by atoms with Gasteiger partial charge in [-0.1, -0.05) is 20.8 Å². The Kier molecular flexibility index (Phi) is 4.87. The summed E-state index contributed by atoms with van der Waals surface area (Å²) in [7, 11) is 0. The van der Waals surface area contributed by atoms with Crippen molar-refractivity contribution in [1.29, 1.82) is 0 Å². The third-order valence-electron chi connectivity index (χ3n) is 4.44. The molecule has 2 rings (SSSR count). The van der Waals surface area contributed by atoms with E-state index in [0.717, 1.165) is 0 Å². The third-order valence-corrected chi connectivity index (χ3v) is 4.44. The molecule has 0 aliphatic heterocycles. The van der Waals surface area contributed by atoms with Crippen molar-refractivity contribution in [2.75, 3.05) is 0 Å². The zero-order chi connectivity index (χ0) is 18.2. The zero-order valence-electron chi connectivity index (χ0n) is 14.5. The number of rotatable bonds is 4. The van der Waals surface area contributed by atoms with Crippen LogP contribution in [0.25, 0.3) is 0 Å². The Labute approximate surface area is 139 Å². The van der Waals surface area contributed by atoms with Crippen molar-refractivity contribution >= 4 is 0 Å². The van der Waals surface area contributed by atoms with E-state index in [9.17, 15) is 19.8 Å². The quantitative estimate of drug-likeness (QED) is 0.891. The molecule has 6 heteroatoms. The van der Waals surface area contributed by atoms with Gasteiger partial charge in [-0.25, -0.2) is 9.59 Å². The fourth-order valence-corrected chi connectivity index (χ4v) is 2.93. The highest BCUT2D eigenvalue weighted by Crippen LogP contribution is 2.36. The van der Waals surface area contributed by atoms with Gasteiger partial charge in [0.15, 0.2) is 0 Å². The van der Waals surface area contributed by atoms with Crippen LogP contribution in [0.5, 0.6) is 11.5 Å². The minimum Gasteiger partial charge on any atom is -0.507 e. The van der Waals surface area contributed by atoms with Crippen molar-refractivity contribution < 1.29 is 19.0 Å². The van der Waals surface area contributed by atoms with E-state index < -0.39 is 17.2 Å². The monoisotopic (exact) mass is 334 g/mol. The summed E-state index contributed by atoms with van der Waals surface area (Å²) >= 11 is 0. The van der Waals surface area contributed by atoms with Crippen LogP contribution in [-0.2, 0) is 12.8 Å². The zero-order valence-corrected chi connectivity index (χ0v) is 14.5. The number of hydrogen-bond donors (Lipinski definition) is 2. The summed E-state index contributed by atoms with van der Waals surface area (Å²) in [5, 5.41) is 20.8. The van der Waals surface area contributed by atoms with E-state index in [4.69, 9.17) is 8.83 Å². The second-order valence-electron chi connectivity index (χ2n) is 5.83. The van der Waals surface area contributed by atoms with E-state index in [1.165, 1.54) is 0 Å². The highest BCUT2D eigenvalue weighted by molar-refractivity contribution is 5.49. The van der Waals surface area contributed by atoms with Crippen molar-refractivity contribution in [3.8, 4) is 11.5 Å². The summed E-state index contributed by atoms with van der Waals surface area (Å²) in [4.78, 5) is 24.6. The minimum atomic E-state index is -0.869. The van der Waals surface area contributed by atoms with Gasteiger partial charge in [0.05, 0.1) is 11.1 Å². The van der Waals surface area contributed by atoms with Gasteiger partial charge in [0.1, 0.15) is 23.0 Å². The molecule has 0 saturated carbocycles. The predicted octanol–water partition coefficient (Wildman–Crippen LogP) is 2.90. The van der Waals surface area contributed by atoms with Crippen LogP contribution in [0.15, 0.2) is 18.4 Å². The van der Waals surface area contributed by atoms with E-state index in [1.54, 1.807) is 34.6 Å². The molecule has 0 aliphatic rings. The van der Waals surface area contributed by atoms with E-state index in [0.29, 0.717) is 35.5 Å². The lowest BCUT2D eigenvalue weighted by Crippen LogP contribution is -2.20. The van der Waals surface area contributed by atoms with Gasteiger partial charge in [-0.15, -0.1) is 0 Å². The second kappa shape index (κ2) is 6.55. The molecule has 0 fully saturated rings. The van der Waals surface area contributed by atoms with Crippen LogP contribution in [0.1, 0.15) is 60.5 Å². The molecule has 2 aromatic rings. The second-order valence-corrected chi connectivity index (χ2v) is 5.83. The van der Waals surface area contributed by atoms with Gasteiger partial charge in [0, 0.05) is 29.9 Å². The molecule has 2 heterocycles. The first-order chi connectivity index (χ1) is 11.2. The molecular weight excluding hydrogens is 312 g/mol. The summed E-state index contributed by atoms with van der Waals surface area (Å²) in [6, 6.07) is 0. The van der Waals surface area contributed by atoms with E-state index in [2.05, 4.69) is 0 Å². The number of hydrogen-bond acceptors (Lipinski definition) is 6. The molecule has 2 aromatic heterocycles. The van der Waals surface area contributed by atoms with Gasteiger partial charge in [0.25, 0.3) is 0 Å². The molecule has 130 valence electrons. The van der Waals surface area contributed by atoms with Crippen LogP contribution in [-0.4, -0.2) is 10.2 Å². The van der Waals surface area contributed by atoms with Gasteiger partial charge in [-0.2, -0.15) is 0 Å². The minimum absolute atomic E-state index is 0.0593. The summed E-state index contributed by atoms with van der Waals surface area (Å²) < 4.78 is 10.5. The van der Waals surface area contributed by atoms with Crippen LogP contribution in [0, 0.1) is 13.8 Å². The van der Waals surface area contributed by atoms with Crippen molar-refractivity contribution in [2.45, 2.75) is 53.4 Å². The fraction of sp³-hybridized carbons (Fsp3) is 0.444. The Bertz CT molecular complexity index is 814. The lowest BCUT2D eigenvalue weighted by atomic mass is 9.91. The molecule has 0 amide bonds. The van der Waals surface area contributed by atoms with Gasteiger partial charge in [0.2, 0.25) is 0 Å². The number of aryl methyl sites for hydroxylation is 2. The van der Waals surface area contributed by atoms with Crippen molar-refractivity contribution in [2.24, 2.45) is 0 Å². The Hall–Kier alpha value is -2.50. The lowest BCUT2D eigenvalue weighted by molar-refractivity contribution is 0.391. The summed E-state index contributed by atoms with van der Waals surface area (Å²) in [6.07, 6.45) is 0.919. The van der Waals surface area contributed by atoms with Crippen LogP contribution in [0.3, 0.4) is 0 Å². The molecular formula is C18H22O6. The number of aromatic hydroxyl groups is 2. The Balaban J connectivity index is 2.74. The average Bonchev–Trinajstić information content (AvgIpc) is 2.54. The maximum absolute atomic E-state index is 12.3. The smallest absolute Gasteiger partial charge is 0.343 e. The molecule has 0 spiro atoms. The maximum Gasteiger partial charge on any atom is 0.343 e.